The van der Waals surface area contributed by atoms with E-state index in [-0.39, 0.29) is 30.2 Å². The number of nitro groups is 1. The van der Waals surface area contributed by atoms with Crippen molar-refractivity contribution in [2.24, 2.45) is 5.92 Å². The van der Waals surface area contributed by atoms with Crippen molar-refractivity contribution in [3.8, 4) is 0 Å². The number of nitrogens with zero attached hydrogens (tertiary/aromatic N) is 1. The Labute approximate surface area is 122 Å². The number of aliphatic hydroxyl groups is 1. The Morgan fingerprint density at radius 1 is 1.48 bits per heavy atom. The molecule has 1 aliphatic rings. The topological polar surface area (TPSA) is 92.5 Å². The van der Waals surface area contributed by atoms with Gasteiger partial charge in [-0.1, -0.05) is 18.6 Å². The molecule has 0 aromatic heterocycles. The van der Waals surface area contributed by atoms with E-state index in [9.17, 15) is 20.0 Å². The van der Waals surface area contributed by atoms with Gasteiger partial charge in [0.2, 0.25) is 5.91 Å². The molecule has 1 fully saturated rings. The summed E-state index contributed by atoms with van der Waals surface area (Å²) in [6, 6.07) is 6.10. The molecule has 6 heteroatoms. The maximum Gasteiger partial charge on any atom is 0.270 e. The molecule has 0 bridgehead atoms. The van der Waals surface area contributed by atoms with E-state index in [0.717, 1.165) is 19.3 Å². The third-order valence-corrected chi connectivity index (χ3v) is 3.73. The third-order valence-electron chi connectivity index (χ3n) is 3.73. The summed E-state index contributed by atoms with van der Waals surface area (Å²) in [5, 5.41) is 22.7. The van der Waals surface area contributed by atoms with Gasteiger partial charge in [-0.25, -0.2) is 0 Å². The minimum absolute atomic E-state index is 0.00584. The molecule has 1 saturated carbocycles. The molecular formula is C15H18N2O4. The molecule has 0 spiro atoms. The van der Waals surface area contributed by atoms with E-state index in [1.165, 1.54) is 18.2 Å². The number of carbonyl (C=O) groups excluding carboxylic acids is 1. The van der Waals surface area contributed by atoms with Gasteiger partial charge in [0, 0.05) is 36.8 Å². The number of nitro benzene ring substituents is 1. The zero-order chi connectivity index (χ0) is 15.2. The third kappa shape index (κ3) is 4.13. The summed E-state index contributed by atoms with van der Waals surface area (Å²) in [6.07, 6.45) is 5.72. The van der Waals surface area contributed by atoms with Gasteiger partial charge in [-0.05, 0) is 24.5 Å². The van der Waals surface area contributed by atoms with Crippen molar-refractivity contribution >= 4 is 17.7 Å². The Balaban J connectivity index is 1.96. The molecule has 2 unspecified atom stereocenters. The SMILES string of the molecule is O=C(/C=C/c1cccc([N+](=O)[O-])c1)NC1CCCC1CO. The van der Waals surface area contributed by atoms with Gasteiger partial charge in [0.25, 0.3) is 5.69 Å². The lowest BCUT2D eigenvalue weighted by molar-refractivity contribution is -0.384. The number of nitrogens with one attached hydrogen (secondary N) is 1. The predicted molar refractivity (Wildman–Crippen MR) is 78.5 cm³/mol. The minimum atomic E-state index is -0.470. The molecule has 0 saturated heterocycles. The summed E-state index contributed by atoms with van der Waals surface area (Å²) in [6.45, 7) is 0.0829. The van der Waals surface area contributed by atoms with E-state index in [0.29, 0.717) is 5.56 Å². The fourth-order valence-electron chi connectivity index (χ4n) is 2.59. The molecule has 6 nitrogen and oxygen atoms in total. The van der Waals surface area contributed by atoms with E-state index in [2.05, 4.69) is 5.32 Å². The van der Waals surface area contributed by atoms with Crippen LogP contribution in [0.25, 0.3) is 6.08 Å². The molecule has 2 N–H and O–H groups in total. The summed E-state index contributed by atoms with van der Waals surface area (Å²) in [7, 11) is 0. The maximum absolute atomic E-state index is 11.8. The average Bonchev–Trinajstić information content (AvgIpc) is 2.92. The smallest absolute Gasteiger partial charge is 0.270 e. The van der Waals surface area contributed by atoms with E-state index < -0.39 is 4.92 Å². The Kier molecular flexibility index (Phi) is 5.05. The lowest BCUT2D eigenvalue weighted by Gasteiger charge is -2.17. The van der Waals surface area contributed by atoms with Gasteiger partial charge in [0.1, 0.15) is 0 Å². The van der Waals surface area contributed by atoms with Crippen LogP contribution in [0, 0.1) is 16.0 Å². The van der Waals surface area contributed by atoms with Crippen LogP contribution in [0.3, 0.4) is 0 Å². The van der Waals surface area contributed by atoms with Crippen LogP contribution < -0.4 is 5.32 Å². The summed E-state index contributed by atoms with van der Waals surface area (Å²) < 4.78 is 0. The van der Waals surface area contributed by atoms with Crippen LogP contribution in [0.4, 0.5) is 5.69 Å². The predicted octanol–water partition coefficient (Wildman–Crippen LogP) is 1.89. The zero-order valence-electron chi connectivity index (χ0n) is 11.6. The molecule has 0 aliphatic heterocycles. The van der Waals surface area contributed by atoms with Crippen molar-refractivity contribution in [3.05, 3.63) is 46.0 Å². The lowest BCUT2D eigenvalue weighted by Crippen LogP contribution is -2.37. The molecule has 1 amide bonds. The number of rotatable bonds is 5. The Morgan fingerprint density at radius 2 is 2.29 bits per heavy atom. The first-order chi connectivity index (χ1) is 10.1. The highest BCUT2D eigenvalue weighted by molar-refractivity contribution is 5.92. The van der Waals surface area contributed by atoms with Crippen LogP contribution >= 0.6 is 0 Å². The Bertz CT molecular complexity index is 556. The standard InChI is InChI=1S/C15H18N2O4/c18-10-12-4-2-6-14(12)16-15(19)8-7-11-3-1-5-13(9-11)17(20)21/h1,3,5,7-9,12,14,18H,2,4,6,10H2,(H,16,19)/b8-7+. The number of benzene rings is 1. The second-order valence-electron chi connectivity index (χ2n) is 5.17. The number of carbonyl (C=O) groups is 1. The van der Waals surface area contributed by atoms with Gasteiger partial charge >= 0.3 is 0 Å². The molecule has 112 valence electrons. The van der Waals surface area contributed by atoms with Crippen molar-refractivity contribution < 1.29 is 14.8 Å². The van der Waals surface area contributed by atoms with Gasteiger partial charge in [0.15, 0.2) is 0 Å². The number of amides is 1. The monoisotopic (exact) mass is 290 g/mol. The summed E-state index contributed by atoms with van der Waals surface area (Å²) in [5.41, 5.74) is 0.596. The van der Waals surface area contributed by atoms with Gasteiger partial charge in [-0.3, -0.25) is 14.9 Å². The zero-order valence-corrected chi connectivity index (χ0v) is 11.6. The van der Waals surface area contributed by atoms with Crippen molar-refractivity contribution in [2.75, 3.05) is 6.61 Å². The van der Waals surface area contributed by atoms with Crippen molar-refractivity contribution in [3.63, 3.8) is 0 Å². The molecule has 1 aromatic rings. The second-order valence-corrected chi connectivity index (χ2v) is 5.17. The highest BCUT2D eigenvalue weighted by atomic mass is 16.6. The summed E-state index contributed by atoms with van der Waals surface area (Å²) in [4.78, 5) is 22.0. The summed E-state index contributed by atoms with van der Waals surface area (Å²) in [5.74, 6) is -0.119. The Hall–Kier alpha value is -2.21. The van der Waals surface area contributed by atoms with Gasteiger partial charge in [-0.2, -0.15) is 0 Å². The van der Waals surface area contributed by atoms with Crippen LogP contribution in [0.15, 0.2) is 30.3 Å². The van der Waals surface area contributed by atoms with Crippen LogP contribution in [-0.2, 0) is 4.79 Å². The highest BCUT2D eigenvalue weighted by Gasteiger charge is 2.27. The van der Waals surface area contributed by atoms with Gasteiger partial charge < -0.3 is 10.4 Å². The van der Waals surface area contributed by atoms with Crippen LogP contribution in [0.5, 0.6) is 0 Å². The van der Waals surface area contributed by atoms with Crippen LogP contribution in [0.2, 0.25) is 0 Å². The first-order valence-electron chi connectivity index (χ1n) is 6.94. The fourth-order valence-corrected chi connectivity index (χ4v) is 2.59. The molecule has 0 heterocycles. The van der Waals surface area contributed by atoms with Crippen molar-refractivity contribution in [1.82, 2.24) is 5.32 Å². The van der Waals surface area contributed by atoms with E-state index in [1.54, 1.807) is 18.2 Å². The maximum atomic E-state index is 11.8. The first-order valence-corrected chi connectivity index (χ1v) is 6.94. The first kappa shape index (κ1) is 15.2. The quantitative estimate of drug-likeness (QED) is 0.492. The van der Waals surface area contributed by atoms with Crippen molar-refractivity contribution in [2.45, 2.75) is 25.3 Å². The average molecular weight is 290 g/mol. The number of hydrogen-bond donors (Lipinski definition) is 2. The molecule has 2 atom stereocenters. The minimum Gasteiger partial charge on any atom is -0.396 e. The van der Waals surface area contributed by atoms with Gasteiger partial charge in [0.05, 0.1) is 4.92 Å². The molecule has 1 aliphatic carbocycles. The van der Waals surface area contributed by atoms with E-state index in [1.807, 2.05) is 0 Å². The van der Waals surface area contributed by atoms with Crippen LogP contribution in [0.1, 0.15) is 24.8 Å². The summed E-state index contributed by atoms with van der Waals surface area (Å²) >= 11 is 0. The number of aliphatic hydroxyl groups excluding tert-OH is 1. The highest BCUT2D eigenvalue weighted by Crippen LogP contribution is 2.25. The Morgan fingerprint density at radius 3 is 3.00 bits per heavy atom. The van der Waals surface area contributed by atoms with Crippen molar-refractivity contribution in [1.29, 1.82) is 0 Å². The molecular weight excluding hydrogens is 272 g/mol. The van der Waals surface area contributed by atoms with E-state index >= 15 is 0 Å². The number of non-ortho nitro benzene ring substituents is 1. The normalized spacial score (nSPS) is 21.6. The van der Waals surface area contributed by atoms with Crippen LogP contribution in [-0.4, -0.2) is 28.6 Å². The second kappa shape index (κ2) is 6.99. The van der Waals surface area contributed by atoms with E-state index in [4.69, 9.17) is 0 Å². The molecule has 1 aromatic carbocycles. The van der Waals surface area contributed by atoms with Gasteiger partial charge in [-0.15, -0.1) is 0 Å². The molecule has 0 radical (unpaired) electrons. The largest absolute Gasteiger partial charge is 0.396 e. The molecule has 21 heavy (non-hydrogen) atoms. The number of hydrogen-bond acceptors (Lipinski definition) is 4. The fraction of sp³-hybridized carbons (Fsp3) is 0.400. The molecule has 2 rings (SSSR count). The lowest BCUT2D eigenvalue weighted by atomic mass is 10.1.